The summed E-state index contributed by atoms with van der Waals surface area (Å²) in [5, 5.41) is 21.1. The third-order valence-electron chi connectivity index (χ3n) is 1.70. The number of nitrogens with zero attached hydrogens (tertiary/aromatic N) is 3. The van der Waals surface area contributed by atoms with Gasteiger partial charge in [0.25, 0.3) is 0 Å². The molecule has 1 aromatic heterocycles. The van der Waals surface area contributed by atoms with Crippen LogP contribution < -0.4 is 5.48 Å². The van der Waals surface area contributed by atoms with Crippen LogP contribution in [0.2, 0.25) is 0 Å². The zero-order chi connectivity index (χ0) is 11.4. The van der Waals surface area contributed by atoms with Gasteiger partial charge in [-0.2, -0.15) is 10.4 Å². The Morgan fingerprint density at radius 2 is 2.47 bits per heavy atom. The smallest absolute Gasteiger partial charge is 0.332 e. The Bertz CT molecular complexity index is 418. The Labute approximate surface area is 85.8 Å². The number of hydrogen-bond acceptors (Lipinski definition) is 5. The van der Waals surface area contributed by atoms with E-state index in [-0.39, 0.29) is 0 Å². The van der Waals surface area contributed by atoms with E-state index >= 15 is 0 Å². The molecule has 0 saturated carbocycles. The van der Waals surface area contributed by atoms with E-state index in [0.29, 0.717) is 17.1 Å². The summed E-state index contributed by atoms with van der Waals surface area (Å²) in [6.45, 7) is 1.19. The van der Waals surface area contributed by atoms with E-state index in [1.807, 2.05) is 6.07 Å². The first-order valence-corrected chi connectivity index (χ1v) is 4.09. The summed E-state index contributed by atoms with van der Waals surface area (Å²) in [7, 11) is 1.63. The molecule has 0 saturated heterocycles. The van der Waals surface area contributed by atoms with Gasteiger partial charge in [-0.1, -0.05) is 0 Å². The van der Waals surface area contributed by atoms with Gasteiger partial charge in [0.1, 0.15) is 11.6 Å². The maximum atomic E-state index is 10.2. The number of carboxylic acid groups (broad SMARTS) is 1. The summed E-state index contributed by atoms with van der Waals surface area (Å²) in [6.07, 6.45) is 0. The lowest BCUT2D eigenvalue weighted by molar-refractivity contribution is -0.141. The summed E-state index contributed by atoms with van der Waals surface area (Å²) >= 11 is 0. The SMILES string of the molecule is Cc1nn(C)c(NOCC(=O)O)c1C#N. The normalized spacial score (nSPS) is 9.67. The van der Waals surface area contributed by atoms with Crippen LogP contribution in [0.15, 0.2) is 0 Å². The minimum atomic E-state index is -1.10. The Kier molecular flexibility index (Phi) is 3.25. The van der Waals surface area contributed by atoms with E-state index < -0.39 is 12.6 Å². The van der Waals surface area contributed by atoms with Crippen LogP contribution in [0.1, 0.15) is 11.3 Å². The van der Waals surface area contributed by atoms with Crippen molar-refractivity contribution >= 4 is 11.8 Å². The molecule has 0 bridgehead atoms. The highest BCUT2D eigenvalue weighted by Crippen LogP contribution is 2.16. The molecule has 0 aliphatic carbocycles. The minimum Gasteiger partial charge on any atom is -0.479 e. The Morgan fingerprint density at radius 1 is 1.80 bits per heavy atom. The van der Waals surface area contributed by atoms with Crippen LogP contribution in [-0.2, 0) is 16.7 Å². The molecule has 0 amide bonds. The molecule has 0 aromatic carbocycles. The third-order valence-corrected chi connectivity index (χ3v) is 1.70. The molecule has 1 rings (SSSR count). The minimum absolute atomic E-state index is 0.336. The van der Waals surface area contributed by atoms with Crippen molar-refractivity contribution in [1.82, 2.24) is 9.78 Å². The van der Waals surface area contributed by atoms with Gasteiger partial charge < -0.3 is 5.11 Å². The van der Waals surface area contributed by atoms with Crippen molar-refractivity contribution in [2.24, 2.45) is 7.05 Å². The van der Waals surface area contributed by atoms with E-state index in [0.717, 1.165) is 0 Å². The van der Waals surface area contributed by atoms with Crippen LogP contribution in [0.4, 0.5) is 5.82 Å². The lowest BCUT2D eigenvalue weighted by Gasteiger charge is -2.04. The second kappa shape index (κ2) is 4.43. The van der Waals surface area contributed by atoms with Crippen molar-refractivity contribution in [3.8, 4) is 6.07 Å². The summed E-state index contributed by atoms with van der Waals surface area (Å²) in [5.74, 6) is -0.754. The molecule has 0 aliphatic heterocycles. The van der Waals surface area contributed by atoms with E-state index in [4.69, 9.17) is 10.4 Å². The standard InChI is InChI=1S/C8H10N4O3/c1-5-6(3-9)8(12(2)10-5)11-15-4-7(13)14/h11H,4H2,1-2H3,(H,13,14). The van der Waals surface area contributed by atoms with Crippen molar-refractivity contribution in [3.05, 3.63) is 11.3 Å². The largest absolute Gasteiger partial charge is 0.479 e. The Hall–Kier alpha value is -2.07. The Morgan fingerprint density at radius 3 is 3.00 bits per heavy atom. The van der Waals surface area contributed by atoms with Crippen LogP contribution in [0, 0.1) is 18.3 Å². The molecular formula is C8H10N4O3. The second-order valence-corrected chi connectivity index (χ2v) is 2.83. The number of aromatic nitrogens is 2. The maximum Gasteiger partial charge on any atom is 0.332 e. The first-order valence-electron chi connectivity index (χ1n) is 4.09. The molecule has 0 spiro atoms. The molecule has 80 valence electrons. The number of nitriles is 1. The van der Waals surface area contributed by atoms with Gasteiger partial charge in [-0.25, -0.2) is 15.0 Å². The second-order valence-electron chi connectivity index (χ2n) is 2.83. The monoisotopic (exact) mass is 210 g/mol. The molecule has 7 heteroatoms. The van der Waals surface area contributed by atoms with Gasteiger partial charge in [0, 0.05) is 7.05 Å². The van der Waals surface area contributed by atoms with Gasteiger partial charge in [0.2, 0.25) is 0 Å². The number of aryl methyl sites for hydroxylation is 2. The quantitative estimate of drug-likeness (QED) is 0.680. The van der Waals surface area contributed by atoms with Crippen LogP contribution in [-0.4, -0.2) is 27.5 Å². The first-order chi connectivity index (χ1) is 7.06. The van der Waals surface area contributed by atoms with Gasteiger partial charge in [0.15, 0.2) is 12.4 Å². The molecule has 0 unspecified atom stereocenters. The van der Waals surface area contributed by atoms with Gasteiger partial charge in [-0.15, -0.1) is 0 Å². The first kappa shape index (κ1) is 11.0. The molecule has 15 heavy (non-hydrogen) atoms. The van der Waals surface area contributed by atoms with Crippen LogP contribution >= 0.6 is 0 Å². The fraction of sp³-hybridized carbons (Fsp3) is 0.375. The van der Waals surface area contributed by atoms with E-state index in [9.17, 15) is 4.79 Å². The molecule has 0 atom stereocenters. The van der Waals surface area contributed by atoms with Gasteiger partial charge in [0.05, 0.1) is 5.69 Å². The highest BCUT2D eigenvalue weighted by molar-refractivity contribution is 5.68. The van der Waals surface area contributed by atoms with Crippen molar-refractivity contribution in [2.75, 3.05) is 12.1 Å². The number of aliphatic carboxylic acids is 1. The maximum absolute atomic E-state index is 10.2. The van der Waals surface area contributed by atoms with E-state index in [2.05, 4.69) is 15.4 Å². The van der Waals surface area contributed by atoms with Crippen LogP contribution in [0.5, 0.6) is 0 Å². The van der Waals surface area contributed by atoms with Crippen LogP contribution in [0.25, 0.3) is 0 Å². The lowest BCUT2D eigenvalue weighted by atomic mass is 10.3. The van der Waals surface area contributed by atoms with E-state index in [1.165, 1.54) is 4.68 Å². The molecule has 2 N–H and O–H groups in total. The highest BCUT2D eigenvalue weighted by Gasteiger charge is 2.12. The van der Waals surface area contributed by atoms with Gasteiger partial charge in [-0.3, -0.25) is 4.84 Å². The van der Waals surface area contributed by atoms with Crippen LogP contribution in [0.3, 0.4) is 0 Å². The van der Waals surface area contributed by atoms with Crippen molar-refractivity contribution in [3.63, 3.8) is 0 Å². The summed E-state index contributed by atoms with van der Waals surface area (Å²) in [5.41, 5.74) is 3.27. The fourth-order valence-electron chi connectivity index (χ4n) is 1.08. The third kappa shape index (κ3) is 2.45. The molecule has 1 heterocycles. The molecular weight excluding hydrogens is 200 g/mol. The number of rotatable bonds is 4. The molecule has 7 nitrogen and oxygen atoms in total. The number of carbonyl (C=O) groups is 1. The predicted octanol–water partition coefficient (Wildman–Crippen LogP) is 0.0283. The van der Waals surface area contributed by atoms with Crippen molar-refractivity contribution in [1.29, 1.82) is 5.26 Å². The molecule has 0 fully saturated rings. The lowest BCUT2D eigenvalue weighted by Crippen LogP contribution is -2.13. The molecule has 0 radical (unpaired) electrons. The summed E-state index contributed by atoms with van der Waals surface area (Å²) in [4.78, 5) is 14.8. The highest BCUT2D eigenvalue weighted by atomic mass is 16.7. The number of carboxylic acids is 1. The molecule has 1 aromatic rings. The number of anilines is 1. The van der Waals surface area contributed by atoms with Gasteiger partial charge >= 0.3 is 5.97 Å². The number of nitrogens with one attached hydrogen (secondary N) is 1. The zero-order valence-corrected chi connectivity index (χ0v) is 8.31. The predicted molar refractivity (Wildman–Crippen MR) is 49.9 cm³/mol. The zero-order valence-electron chi connectivity index (χ0n) is 8.31. The fourth-order valence-corrected chi connectivity index (χ4v) is 1.08. The van der Waals surface area contributed by atoms with Crippen molar-refractivity contribution < 1.29 is 14.7 Å². The molecule has 0 aliphatic rings. The topological polar surface area (TPSA) is 100 Å². The van der Waals surface area contributed by atoms with Crippen molar-refractivity contribution in [2.45, 2.75) is 6.92 Å². The van der Waals surface area contributed by atoms with E-state index in [1.54, 1.807) is 14.0 Å². The average Bonchev–Trinajstić information content (AvgIpc) is 2.41. The average molecular weight is 210 g/mol. The summed E-state index contributed by atoms with van der Waals surface area (Å²) in [6, 6.07) is 1.95. The summed E-state index contributed by atoms with van der Waals surface area (Å²) < 4.78 is 1.41. The van der Waals surface area contributed by atoms with Gasteiger partial charge in [-0.05, 0) is 6.92 Å². The number of hydrogen-bond donors (Lipinski definition) is 2. The Balaban J connectivity index is 2.76.